The van der Waals surface area contributed by atoms with Gasteiger partial charge in [-0.15, -0.1) is 11.8 Å². The summed E-state index contributed by atoms with van der Waals surface area (Å²) in [5.74, 6) is 0.800. The second-order valence-electron chi connectivity index (χ2n) is 4.50. The zero-order chi connectivity index (χ0) is 14.5. The summed E-state index contributed by atoms with van der Waals surface area (Å²) in [6, 6.07) is 5.22. The van der Waals surface area contributed by atoms with E-state index in [1.807, 2.05) is 12.3 Å². The van der Waals surface area contributed by atoms with Crippen molar-refractivity contribution in [1.29, 1.82) is 0 Å². The Hall–Kier alpha value is -1.95. The number of carbonyl (C=O) groups excluding carboxylic acids is 2. The molecule has 1 aromatic rings. The first kappa shape index (κ1) is 14.5. The summed E-state index contributed by atoms with van der Waals surface area (Å²) in [4.78, 5) is 23.7. The van der Waals surface area contributed by atoms with Gasteiger partial charge in [0.1, 0.15) is 0 Å². The van der Waals surface area contributed by atoms with Gasteiger partial charge in [0.15, 0.2) is 6.29 Å². The Labute approximate surface area is 123 Å². The predicted molar refractivity (Wildman–Crippen MR) is 82.8 cm³/mol. The zero-order valence-corrected chi connectivity index (χ0v) is 12.1. The van der Waals surface area contributed by atoms with Crippen molar-refractivity contribution in [2.45, 2.75) is 20.0 Å². The highest BCUT2D eigenvalue weighted by atomic mass is 32.2. The first-order valence-corrected chi connectivity index (χ1v) is 7.22. The number of anilines is 1. The van der Waals surface area contributed by atoms with Crippen molar-refractivity contribution in [2.24, 2.45) is 0 Å². The van der Waals surface area contributed by atoms with Crippen LogP contribution in [0.3, 0.4) is 0 Å². The normalized spacial score (nSPS) is 13.7. The number of thioether (sulfide) groups is 1. The van der Waals surface area contributed by atoms with E-state index in [4.69, 9.17) is 4.74 Å². The summed E-state index contributed by atoms with van der Waals surface area (Å²) < 4.78 is 4.99. The van der Waals surface area contributed by atoms with Crippen molar-refractivity contribution in [1.82, 2.24) is 5.32 Å². The van der Waals surface area contributed by atoms with E-state index < -0.39 is 6.09 Å². The van der Waals surface area contributed by atoms with Gasteiger partial charge in [0, 0.05) is 29.3 Å². The Morgan fingerprint density at radius 2 is 2.35 bits per heavy atom. The van der Waals surface area contributed by atoms with Crippen LogP contribution in [0.15, 0.2) is 24.4 Å². The van der Waals surface area contributed by atoms with Gasteiger partial charge in [-0.25, -0.2) is 4.79 Å². The van der Waals surface area contributed by atoms with Crippen molar-refractivity contribution >= 4 is 34.7 Å². The lowest BCUT2D eigenvalue weighted by Crippen LogP contribution is -2.18. The lowest BCUT2D eigenvalue weighted by molar-refractivity contribution is 0.112. The molecule has 0 aliphatic carbocycles. The van der Waals surface area contributed by atoms with Crippen molar-refractivity contribution in [3.8, 4) is 0 Å². The van der Waals surface area contributed by atoms with Gasteiger partial charge in [0.25, 0.3) is 0 Å². The average molecular weight is 294 g/mol. The van der Waals surface area contributed by atoms with Crippen LogP contribution in [0, 0.1) is 0 Å². The third-order valence-electron chi connectivity index (χ3n) is 2.58. The molecule has 6 heteroatoms. The Balaban J connectivity index is 0.00000220. The molecule has 0 radical (unpaired) electrons. The summed E-state index contributed by atoms with van der Waals surface area (Å²) in [6.45, 7) is 3.55. The Bertz CT molecular complexity index is 561. The lowest BCUT2D eigenvalue weighted by atomic mass is 10.1. The third kappa shape index (κ3) is 3.54. The average Bonchev–Trinajstić information content (AvgIpc) is 2.91. The van der Waals surface area contributed by atoms with E-state index in [0.29, 0.717) is 11.3 Å². The lowest BCUT2D eigenvalue weighted by Gasteiger charge is -2.11. The number of ether oxygens (including phenoxy) is 1. The van der Waals surface area contributed by atoms with Gasteiger partial charge < -0.3 is 10.1 Å². The molecule has 1 aliphatic heterocycles. The van der Waals surface area contributed by atoms with Crippen molar-refractivity contribution in [3.63, 3.8) is 0 Å². The molecule has 0 saturated heterocycles. The second-order valence-corrected chi connectivity index (χ2v) is 5.52. The minimum Gasteiger partial charge on any atom is -0.447 e. The Morgan fingerprint density at radius 1 is 1.55 bits per heavy atom. The fourth-order valence-corrected chi connectivity index (χ4v) is 2.60. The number of hydrogen-bond acceptors (Lipinski definition) is 5. The van der Waals surface area contributed by atoms with E-state index in [1.165, 1.54) is 0 Å². The molecule has 0 atom stereocenters. The maximum Gasteiger partial charge on any atom is 0.411 e. The first-order chi connectivity index (χ1) is 9.60. The molecule has 108 valence electrons. The van der Waals surface area contributed by atoms with Gasteiger partial charge in [0.05, 0.1) is 12.0 Å². The number of rotatable bonds is 4. The predicted octanol–water partition coefficient (Wildman–Crippen LogP) is 3.29. The van der Waals surface area contributed by atoms with Gasteiger partial charge >= 0.3 is 6.09 Å². The Morgan fingerprint density at radius 3 is 2.95 bits per heavy atom. The number of nitrogens with one attached hydrogen (secondary N) is 2. The van der Waals surface area contributed by atoms with Crippen LogP contribution in [0.1, 0.15) is 31.2 Å². The highest BCUT2D eigenvalue weighted by Gasteiger charge is 2.13. The SMILES string of the molecule is CC(C)OC(=O)Nc1ccc(C2=CNCS2)c(C=O)c1.[HH]. The maximum atomic E-state index is 11.5. The molecule has 1 aliphatic rings. The summed E-state index contributed by atoms with van der Waals surface area (Å²) in [5, 5.41) is 5.69. The smallest absolute Gasteiger partial charge is 0.411 e. The summed E-state index contributed by atoms with van der Waals surface area (Å²) in [7, 11) is 0. The molecule has 20 heavy (non-hydrogen) atoms. The topological polar surface area (TPSA) is 67.4 Å². The molecule has 0 unspecified atom stereocenters. The molecule has 2 N–H and O–H groups in total. The fourth-order valence-electron chi connectivity index (χ4n) is 1.77. The molecule has 0 bridgehead atoms. The van der Waals surface area contributed by atoms with Gasteiger partial charge in [-0.3, -0.25) is 10.1 Å². The number of benzene rings is 1. The van der Waals surface area contributed by atoms with E-state index in [9.17, 15) is 9.59 Å². The molecular weight excluding hydrogens is 276 g/mol. The number of amides is 1. The van der Waals surface area contributed by atoms with E-state index >= 15 is 0 Å². The zero-order valence-electron chi connectivity index (χ0n) is 11.3. The Kier molecular flexibility index (Phi) is 4.68. The molecule has 0 spiro atoms. The number of hydrogen-bond donors (Lipinski definition) is 2. The first-order valence-electron chi connectivity index (χ1n) is 6.23. The van der Waals surface area contributed by atoms with Crippen LogP contribution >= 0.6 is 11.8 Å². The van der Waals surface area contributed by atoms with E-state index in [1.54, 1.807) is 37.7 Å². The summed E-state index contributed by atoms with van der Waals surface area (Å²) in [5.41, 5.74) is 1.94. The second kappa shape index (κ2) is 6.47. The van der Waals surface area contributed by atoms with Crippen LogP contribution in [0.2, 0.25) is 0 Å². The largest absolute Gasteiger partial charge is 0.447 e. The van der Waals surface area contributed by atoms with Crippen LogP contribution in [-0.2, 0) is 4.74 Å². The van der Waals surface area contributed by atoms with Crippen LogP contribution in [0.5, 0.6) is 0 Å². The number of aldehydes is 1. The standard InChI is InChI=1S/C14H16N2O3S.H2/c1-9(2)19-14(18)16-11-3-4-12(10(5-11)7-17)13-6-15-8-20-13;/h3-7,9,15H,8H2,1-2H3,(H,16,18);1H. The minimum atomic E-state index is -0.527. The summed E-state index contributed by atoms with van der Waals surface area (Å²) in [6.07, 6.45) is 1.95. The van der Waals surface area contributed by atoms with Gasteiger partial charge in [0.2, 0.25) is 0 Å². The van der Waals surface area contributed by atoms with Crippen LogP contribution < -0.4 is 10.6 Å². The van der Waals surface area contributed by atoms with Crippen molar-refractivity contribution < 1.29 is 15.8 Å². The molecule has 1 aromatic carbocycles. The third-order valence-corrected chi connectivity index (χ3v) is 3.54. The molecule has 1 amide bonds. The fraction of sp³-hybridized carbons (Fsp3) is 0.286. The van der Waals surface area contributed by atoms with Crippen molar-refractivity contribution in [2.75, 3.05) is 11.2 Å². The molecule has 2 rings (SSSR count). The highest BCUT2D eigenvalue weighted by molar-refractivity contribution is 8.08. The molecule has 5 nitrogen and oxygen atoms in total. The van der Waals surface area contributed by atoms with Crippen molar-refractivity contribution in [3.05, 3.63) is 35.5 Å². The van der Waals surface area contributed by atoms with Crippen LogP contribution in [-0.4, -0.2) is 24.4 Å². The molecule has 0 aromatic heterocycles. The molecule has 0 fully saturated rings. The van der Waals surface area contributed by atoms with E-state index in [0.717, 1.165) is 22.6 Å². The minimum absolute atomic E-state index is 0. The quantitative estimate of drug-likeness (QED) is 0.834. The van der Waals surface area contributed by atoms with Gasteiger partial charge in [-0.2, -0.15) is 0 Å². The van der Waals surface area contributed by atoms with E-state index in [-0.39, 0.29) is 7.53 Å². The van der Waals surface area contributed by atoms with Gasteiger partial charge in [-0.1, -0.05) is 6.07 Å². The summed E-state index contributed by atoms with van der Waals surface area (Å²) >= 11 is 1.63. The van der Waals surface area contributed by atoms with E-state index in [2.05, 4.69) is 10.6 Å². The van der Waals surface area contributed by atoms with Crippen LogP contribution in [0.25, 0.3) is 4.91 Å². The highest BCUT2D eigenvalue weighted by Crippen LogP contribution is 2.32. The number of carbonyl (C=O) groups is 2. The van der Waals surface area contributed by atoms with Crippen LogP contribution in [0.4, 0.5) is 10.5 Å². The monoisotopic (exact) mass is 294 g/mol. The molecular formula is C14H18N2O3S. The molecule has 0 saturated carbocycles. The molecule has 1 heterocycles. The maximum absolute atomic E-state index is 11.5. The van der Waals surface area contributed by atoms with Gasteiger partial charge in [-0.05, 0) is 26.0 Å².